The van der Waals surface area contributed by atoms with Gasteiger partial charge in [-0.3, -0.25) is 4.79 Å². The van der Waals surface area contributed by atoms with Crippen molar-refractivity contribution in [1.82, 2.24) is 4.98 Å². The predicted octanol–water partition coefficient (Wildman–Crippen LogP) is 0.585. The summed E-state index contributed by atoms with van der Waals surface area (Å²) in [7, 11) is -3.94. The van der Waals surface area contributed by atoms with Crippen LogP contribution in [0.4, 0.5) is 0 Å². The minimum Gasteiger partial charge on any atom is -0.294 e. The third-order valence-corrected chi connectivity index (χ3v) is 2.86. The van der Waals surface area contributed by atoms with Crippen molar-refractivity contribution >= 4 is 27.4 Å². The quantitative estimate of drug-likeness (QED) is 0.599. The number of rotatable bonds is 2. The van der Waals surface area contributed by atoms with E-state index in [2.05, 4.69) is 4.98 Å². The Morgan fingerprint density at radius 1 is 1.57 bits per heavy atom. The smallest absolute Gasteiger partial charge is 0.241 e. The van der Waals surface area contributed by atoms with Crippen molar-refractivity contribution in [2.45, 2.75) is 11.8 Å². The van der Waals surface area contributed by atoms with E-state index < -0.39 is 10.0 Å². The molecule has 0 amide bonds. The lowest BCUT2D eigenvalue weighted by Gasteiger charge is -2.01. The van der Waals surface area contributed by atoms with Gasteiger partial charge in [-0.2, -0.15) is 0 Å². The lowest BCUT2D eigenvalue weighted by atomic mass is 10.2. The molecule has 76 valence electrons. The van der Waals surface area contributed by atoms with Crippen LogP contribution in [0.5, 0.6) is 0 Å². The number of halogens is 1. The molecule has 5 nitrogen and oxygen atoms in total. The number of primary sulfonamides is 1. The minimum atomic E-state index is -3.94. The second-order valence-corrected chi connectivity index (χ2v) is 4.50. The number of hydrogen-bond acceptors (Lipinski definition) is 4. The standard InChI is InChI=1S/C7H7ClN2O3S/c1-4(11)5-2-6(14(9,12)13)7(8)10-3-5/h2-3H,1H3,(H2,9,12,13). The van der Waals surface area contributed by atoms with E-state index in [0.29, 0.717) is 0 Å². The number of pyridine rings is 1. The van der Waals surface area contributed by atoms with Crippen molar-refractivity contribution in [3.05, 3.63) is 23.0 Å². The summed E-state index contributed by atoms with van der Waals surface area (Å²) in [6.07, 6.45) is 1.19. The third-order valence-electron chi connectivity index (χ3n) is 1.52. The number of ketones is 1. The summed E-state index contributed by atoms with van der Waals surface area (Å²) in [6, 6.07) is 1.10. The number of nitrogens with two attached hydrogens (primary N) is 1. The molecule has 0 saturated carbocycles. The molecule has 0 unspecified atom stereocenters. The zero-order chi connectivity index (χ0) is 10.9. The maximum absolute atomic E-state index is 11.0. The predicted molar refractivity (Wildman–Crippen MR) is 50.6 cm³/mol. The maximum atomic E-state index is 11.0. The summed E-state index contributed by atoms with van der Waals surface area (Å²) in [6.45, 7) is 1.29. The molecule has 1 heterocycles. The summed E-state index contributed by atoms with van der Waals surface area (Å²) < 4.78 is 21.9. The molecule has 0 aromatic carbocycles. The van der Waals surface area contributed by atoms with E-state index in [1.54, 1.807) is 0 Å². The average molecular weight is 235 g/mol. The van der Waals surface area contributed by atoms with Crippen LogP contribution < -0.4 is 5.14 Å². The van der Waals surface area contributed by atoms with Crippen molar-refractivity contribution in [3.8, 4) is 0 Å². The zero-order valence-electron chi connectivity index (χ0n) is 7.19. The normalized spacial score (nSPS) is 11.4. The second kappa shape index (κ2) is 3.64. The largest absolute Gasteiger partial charge is 0.294 e. The molecule has 1 aromatic rings. The molecule has 1 aromatic heterocycles. The number of carbonyl (C=O) groups is 1. The molecule has 0 atom stereocenters. The van der Waals surface area contributed by atoms with Crippen LogP contribution in [-0.2, 0) is 10.0 Å². The SMILES string of the molecule is CC(=O)c1cnc(Cl)c(S(N)(=O)=O)c1. The highest BCUT2D eigenvalue weighted by atomic mass is 35.5. The van der Waals surface area contributed by atoms with E-state index in [1.807, 2.05) is 0 Å². The Bertz CT molecular complexity index is 484. The van der Waals surface area contributed by atoms with Gasteiger partial charge in [0.1, 0.15) is 10.0 Å². The van der Waals surface area contributed by atoms with Crippen LogP contribution in [-0.4, -0.2) is 19.2 Å². The van der Waals surface area contributed by atoms with Gasteiger partial charge >= 0.3 is 0 Å². The molecule has 0 aliphatic rings. The highest BCUT2D eigenvalue weighted by molar-refractivity contribution is 7.89. The molecule has 0 saturated heterocycles. The lowest BCUT2D eigenvalue weighted by molar-refractivity contribution is 0.101. The van der Waals surface area contributed by atoms with Crippen LogP contribution in [0, 0.1) is 0 Å². The first-order valence-electron chi connectivity index (χ1n) is 3.51. The van der Waals surface area contributed by atoms with Gasteiger partial charge in [-0.05, 0) is 13.0 Å². The summed E-state index contributed by atoms with van der Waals surface area (Å²) in [4.78, 5) is 14.1. The van der Waals surface area contributed by atoms with Crippen molar-refractivity contribution in [2.75, 3.05) is 0 Å². The lowest BCUT2D eigenvalue weighted by Crippen LogP contribution is -2.14. The molecule has 0 aliphatic heterocycles. The first kappa shape index (κ1) is 11.1. The third kappa shape index (κ3) is 2.28. The van der Waals surface area contributed by atoms with Crippen LogP contribution in [0.1, 0.15) is 17.3 Å². The van der Waals surface area contributed by atoms with E-state index >= 15 is 0 Å². The molecular weight excluding hydrogens is 228 g/mol. The van der Waals surface area contributed by atoms with Crippen LogP contribution in [0.2, 0.25) is 5.15 Å². The summed E-state index contributed by atoms with van der Waals surface area (Å²) >= 11 is 5.50. The molecule has 0 spiro atoms. The van der Waals surface area contributed by atoms with Crippen molar-refractivity contribution in [3.63, 3.8) is 0 Å². The van der Waals surface area contributed by atoms with Gasteiger partial charge in [-0.1, -0.05) is 11.6 Å². The Morgan fingerprint density at radius 3 is 2.57 bits per heavy atom. The van der Waals surface area contributed by atoms with Gasteiger partial charge < -0.3 is 0 Å². The molecule has 2 N–H and O–H groups in total. The van der Waals surface area contributed by atoms with Gasteiger partial charge in [-0.25, -0.2) is 18.5 Å². The van der Waals surface area contributed by atoms with Crippen LogP contribution in [0.3, 0.4) is 0 Å². The fraction of sp³-hybridized carbons (Fsp3) is 0.143. The number of carbonyl (C=O) groups excluding carboxylic acids is 1. The molecule has 7 heteroatoms. The average Bonchev–Trinajstić information content (AvgIpc) is 2.02. The van der Waals surface area contributed by atoms with E-state index in [-0.39, 0.29) is 21.4 Å². The van der Waals surface area contributed by atoms with Gasteiger partial charge in [0.15, 0.2) is 5.78 Å². The number of nitrogens with zero attached hydrogens (tertiary/aromatic N) is 1. The Balaban J connectivity index is 3.44. The van der Waals surface area contributed by atoms with Gasteiger partial charge in [0.2, 0.25) is 10.0 Å². The Hall–Kier alpha value is -0.980. The van der Waals surface area contributed by atoms with Crippen LogP contribution >= 0.6 is 11.6 Å². The van der Waals surface area contributed by atoms with E-state index in [1.165, 1.54) is 13.1 Å². The van der Waals surface area contributed by atoms with Gasteiger partial charge in [0, 0.05) is 11.8 Å². The Morgan fingerprint density at radius 2 is 2.14 bits per heavy atom. The van der Waals surface area contributed by atoms with Gasteiger partial charge in [-0.15, -0.1) is 0 Å². The highest BCUT2D eigenvalue weighted by Gasteiger charge is 2.15. The maximum Gasteiger partial charge on any atom is 0.241 e. The van der Waals surface area contributed by atoms with Crippen LogP contribution in [0.15, 0.2) is 17.2 Å². The monoisotopic (exact) mass is 234 g/mol. The molecular formula is C7H7ClN2O3S. The highest BCUT2D eigenvalue weighted by Crippen LogP contribution is 2.18. The minimum absolute atomic E-state index is 0.151. The Kier molecular flexibility index (Phi) is 2.89. The van der Waals surface area contributed by atoms with E-state index in [0.717, 1.165) is 6.07 Å². The zero-order valence-corrected chi connectivity index (χ0v) is 8.76. The first-order valence-corrected chi connectivity index (χ1v) is 5.44. The Labute approximate surface area is 85.9 Å². The fourth-order valence-corrected chi connectivity index (χ4v) is 1.82. The molecule has 1 rings (SSSR count). The first-order chi connectivity index (χ1) is 6.32. The molecule has 14 heavy (non-hydrogen) atoms. The van der Waals surface area contributed by atoms with Crippen LogP contribution in [0.25, 0.3) is 0 Å². The number of hydrogen-bond donors (Lipinski definition) is 1. The molecule has 0 bridgehead atoms. The van der Waals surface area contributed by atoms with Crippen molar-refractivity contribution < 1.29 is 13.2 Å². The van der Waals surface area contributed by atoms with E-state index in [9.17, 15) is 13.2 Å². The second-order valence-electron chi connectivity index (χ2n) is 2.61. The number of aromatic nitrogens is 1. The van der Waals surface area contributed by atoms with Crippen molar-refractivity contribution in [1.29, 1.82) is 0 Å². The van der Waals surface area contributed by atoms with Crippen molar-refractivity contribution in [2.24, 2.45) is 5.14 Å². The van der Waals surface area contributed by atoms with Gasteiger partial charge in [0.25, 0.3) is 0 Å². The fourth-order valence-electron chi connectivity index (χ4n) is 0.820. The van der Waals surface area contributed by atoms with E-state index in [4.69, 9.17) is 16.7 Å². The number of sulfonamides is 1. The summed E-state index contributed by atoms with van der Waals surface area (Å²) in [5, 5.41) is 4.62. The number of Topliss-reactive ketones (excluding diaryl/α,β-unsaturated/α-hetero) is 1. The molecule has 0 fully saturated rings. The van der Waals surface area contributed by atoms with Gasteiger partial charge in [0.05, 0.1) is 0 Å². The molecule has 0 aliphatic carbocycles. The topological polar surface area (TPSA) is 90.1 Å². The molecule has 0 radical (unpaired) electrons. The summed E-state index contributed by atoms with van der Waals surface area (Å²) in [5.74, 6) is -0.306. The summed E-state index contributed by atoms with van der Waals surface area (Å²) in [5.41, 5.74) is 0.151.